The number of nitrogen functional groups attached to an aromatic ring is 1. The maximum absolute atomic E-state index is 10.9. The molecule has 2 aromatic heterocycles. The average molecular weight is 164 g/mol. The minimum atomic E-state index is -0.415. The van der Waals surface area contributed by atoms with Gasteiger partial charge < -0.3 is 10.3 Å². The zero-order valence-electron chi connectivity index (χ0n) is 6.53. The summed E-state index contributed by atoms with van der Waals surface area (Å²) in [5.74, 6) is 0.366. The van der Waals surface area contributed by atoms with Gasteiger partial charge in [0, 0.05) is 13.2 Å². The Hall–Kier alpha value is -1.78. The lowest BCUT2D eigenvalue weighted by Gasteiger charge is -1.95. The molecule has 0 aromatic carbocycles. The summed E-state index contributed by atoms with van der Waals surface area (Å²) in [5, 5.41) is 0.775. The van der Waals surface area contributed by atoms with Gasteiger partial charge in [-0.2, -0.15) is 4.98 Å². The Morgan fingerprint density at radius 2 is 2.42 bits per heavy atom. The fourth-order valence-corrected chi connectivity index (χ4v) is 1.18. The Morgan fingerprint density at radius 1 is 1.67 bits per heavy atom. The molecule has 12 heavy (non-hydrogen) atoms. The third kappa shape index (κ3) is 0.795. The maximum atomic E-state index is 10.9. The van der Waals surface area contributed by atoms with E-state index in [1.807, 2.05) is 13.1 Å². The molecule has 0 fully saturated rings. The summed E-state index contributed by atoms with van der Waals surface area (Å²) in [4.78, 5) is 17.1. The van der Waals surface area contributed by atoms with Crippen molar-refractivity contribution >= 4 is 16.9 Å². The maximum Gasteiger partial charge on any atom is 0.348 e. The lowest BCUT2D eigenvalue weighted by molar-refractivity contribution is 0.935. The van der Waals surface area contributed by atoms with Crippen molar-refractivity contribution in [1.82, 2.24) is 14.5 Å². The number of hydrogen-bond acceptors (Lipinski definition) is 3. The largest absolute Gasteiger partial charge is 0.385 e. The molecule has 0 radical (unpaired) electrons. The first-order chi connectivity index (χ1) is 5.68. The lowest BCUT2D eigenvalue weighted by atomic mass is 10.4. The van der Waals surface area contributed by atoms with Gasteiger partial charge in [-0.25, -0.2) is 4.79 Å². The van der Waals surface area contributed by atoms with Crippen LogP contribution >= 0.6 is 0 Å². The molecule has 62 valence electrons. The van der Waals surface area contributed by atoms with Crippen LogP contribution in [0.15, 0.2) is 17.1 Å². The van der Waals surface area contributed by atoms with Crippen LogP contribution in [0.5, 0.6) is 0 Å². The first-order valence-electron chi connectivity index (χ1n) is 3.49. The van der Waals surface area contributed by atoms with Crippen LogP contribution in [-0.4, -0.2) is 14.5 Å². The minimum absolute atomic E-state index is 0.366. The zero-order valence-corrected chi connectivity index (χ0v) is 6.53. The summed E-state index contributed by atoms with van der Waals surface area (Å²) in [6.07, 6.45) is 1.81. The van der Waals surface area contributed by atoms with E-state index in [1.165, 1.54) is 0 Å². The Labute approximate surface area is 67.8 Å². The van der Waals surface area contributed by atoms with Crippen LogP contribution in [0.4, 0.5) is 5.82 Å². The number of aryl methyl sites for hydroxylation is 1. The summed E-state index contributed by atoms with van der Waals surface area (Å²) < 4.78 is 1.75. The summed E-state index contributed by atoms with van der Waals surface area (Å²) in [6, 6.07) is 1.81. The number of rotatable bonds is 0. The number of anilines is 1. The Kier molecular flexibility index (Phi) is 1.21. The molecular formula is C7H8N4O. The highest BCUT2D eigenvalue weighted by atomic mass is 16.1. The minimum Gasteiger partial charge on any atom is -0.385 e. The van der Waals surface area contributed by atoms with Crippen LogP contribution in [0, 0.1) is 0 Å². The van der Waals surface area contributed by atoms with Crippen molar-refractivity contribution in [3.05, 3.63) is 22.7 Å². The van der Waals surface area contributed by atoms with Crippen LogP contribution in [0.25, 0.3) is 11.0 Å². The molecule has 0 atom stereocenters. The van der Waals surface area contributed by atoms with Gasteiger partial charge in [0.2, 0.25) is 0 Å². The predicted molar refractivity (Wildman–Crippen MR) is 45.7 cm³/mol. The molecule has 0 aliphatic rings. The average Bonchev–Trinajstić information content (AvgIpc) is 2.33. The van der Waals surface area contributed by atoms with Crippen molar-refractivity contribution < 1.29 is 0 Å². The third-order valence-electron chi connectivity index (χ3n) is 1.78. The molecule has 2 heterocycles. The highest BCUT2D eigenvalue weighted by Crippen LogP contribution is 2.14. The Morgan fingerprint density at radius 3 is 3.17 bits per heavy atom. The van der Waals surface area contributed by atoms with E-state index in [0.717, 1.165) is 5.39 Å². The van der Waals surface area contributed by atoms with Crippen LogP contribution in [0.3, 0.4) is 0 Å². The number of fused-ring (bicyclic) bond motifs is 1. The van der Waals surface area contributed by atoms with Crippen molar-refractivity contribution in [3.63, 3.8) is 0 Å². The zero-order chi connectivity index (χ0) is 8.72. The fraction of sp³-hybridized carbons (Fsp3) is 0.143. The molecule has 0 aliphatic heterocycles. The standard InChI is InChI=1S/C7H8N4O/c1-11-3-2-4-5(8)9-7(12)10-6(4)11/h2-3H,1H3,(H3,8,9,10,12). The van der Waals surface area contributed by atoms with E-state index >= 15 is 0 Å². The molecule has 5 nitrogen and oxygen atoms in total. The van der Waals surface area contributed by atoms with E-state index in [0.29, 0.717) is 11.5 Å². The molecule has 0 saturated heterocycles. The number of hydrogen-bond donors (Lipinski definition) is 2. The SMILES string of the molecule is Cn1ccc2c(N)[nH]c(=O)nc21. The van der Waals surface area contributed by atoms with Gasteiger partial charge in [0.1, 0.15) is 11.5 Å². The van der Waals surface area contributed by atoms with Gasteiger partial charge in [0.15, 0.2) is 0 Å². The second kappa shape index (κ2) is 2.10. The van der Waals surface area contributed by atoms with Gasteiger partial charge >= 0.3 is 5.69 Å². The fourth-order valence-electron chi connectivity index (χ4n) is 1.18. The van der Waals surface area contributed by atoms with Crippen molar-refractivity contribution in [2.75, 3.05) is 5.73 Å². The van der Waals surface area contributed by atoms with E-state index < -0.39 is 5.69 Å². The highest BCUT2D eigenvalue weighted by Gasteiger charge is 2.03. The molecular weight excluding hydrogens is 156 g/mol. The number of nitrogens with one attached hydrogen (secondary N) is 1. The van der Waals surface area contributed by atoms with Crippen molar-refractivity contribution in [3.8, 4) is 0 Å². The lowest BCUT2D eigenvalue weighted by Crippen LogP contribution is -2.13. The van der Waals surface area contributed by atoms with E-state index in [2.05, 4.69) is 9.97 Å². The Bertz CT molecular complexity index is 482. The molecule has 5 heteroatoms. The summed E-state index contributed by atoms with van der Waals surface area (Å²) in [6.45, 7) is 0. The van der Waals surface area contributed by atoms with Gasteiger partial charge in [-0.15, -0.1) is 0 Å². The highest BCUT2D eigenvalue weighted by molar-refractivity contribution is 5.85. The molecule has 3 N–H and O–H groups in total. The number of nitrogens with two attached hydrogens (primary N) is 1. The van der Waals surface area contributed by atoms with E-state index in [4.69, 9.17) is 5.73 Å². The van der Waals surface area contributed by atoms with Crippen molar-refractivity contribution in [1.29, 1.82) is 0 Å². The predicted octanol–water partition coefficient (Wildman–Crippen LogP) is -0.156. The summed E-state index contributed by atoms with van der Waals surface area (Å²) in [7, 11) is 1.81. The quantitative estimate of drug-likeness (QED) is 0.568. The van der Waals surface area contributed by atoms with Crippen molar-refractivity contribution in [2.45, 2.75) is 0 Å². The van der Waals surface area contributed by atoms with Crippen LogP contribution in [0.2, 0.25) is 0 Å². The third-order valence-corrected chi connectivity index (χ3v) is 1.78. The Balaban J connectivity index is 3.02. The van der Waals surface area contributed by atoms with E-state index in [1.54, 1.807) is 10.8 Å². The van der Waals surface area contributed by atoms with Crippen molar-refractivity contribution in [2.24, 2.45) is 7.05 Å². The van der Waals surface area contributed by atoms with E-state index in [-0.39, 0.29) is 0 Å². The van der Waals surface area contributed by atoms with Gasteiger partial charge in [-0.1, -0.05) is 0 Å². The summed E-state index contributed by atoms with van der Waals surface area (Å²) >= 11 is 0. The molecule has 0 unspecified atom stereocenters. The number of aromatic amines is 1. The van der Waals surface area contributed by atoms with Gasteiger partial charge in [0.25, 0.3) is 0 Å². The molecule has 2 rings (SSSR count). The first-order valence-corrected chi connectivity index (χ1v) is 3.49. The monoisotopic (exact) mass is 164 g/mol. The van der Waals surface area contributed by atoms with Gasteiger partial charge in [-0.05, 0) is 6.07 Å². The van der Waals surface area contributed by atoms with E-state index in [9.17, 15) is 4.79 Å². The number of H-pyrrole nitrogens is 1. The van der Waals surface area contributed by atoms with Gasteiger partial charge in [0.05, 0.1) is 5.39 Å². The molecule has 2 aromatic rings. The molecule has 0 amide bonds. The second-order valence-electron chi connectivity index (χ2n) is 2.62. The molecule has 0 spiro atoms. The van der Waals surface area contributed by atoms with Crippen LogP contribution in [0.1, 0.15) is 0 Å². The first kappa shape index (κ1) is 6.90. The topological polar surface area (TPSA) is 76.7 Å². The van der Waals surface area contributed by atoms with Crippen LogP contribution < -0.4 is 11.4 Å². The smallest absolute Gasteiger partial charge is 0.348 e. The second-order valence-corrected chi connectivity index (χ2v) is 2.62. The number of aromatic nitrogens is 3. The molecule has 0 aliphatic carbocycles. The normalized spacial score (nSPS) is 10.8. The summed E-state index contributed by atoms with van der Waals surface area (Å²) in [5.41, 5.74) is 5.75. The van der Waals surface area contributed by atoms with Crippen LogP contribution in [-0.2, 0) is 7.05 Å². The molecule has 0 bridgehead atoms. The van der Waals surface area contributed by atoms with Gasteiger partial charge in [-0.3, -0.25) is 4.98 Å². The number of nitrogens with zero attached hydrogens (tertiary/aromatic N) is 2. The molecule has 0 saturated carbocycles.